The topological polar surface area (TPSA) is 26.3 Å². The fourth-order valence-electron chi connectivity index (χ4n) is 2.24. The Balaban J connectivity index is 2.10. The van der Waals surface area contributed by atoms with Gasteiger partial charge in [-0.1, -0.05) is 61.0 Å². The van der Waals surface area contributed by atoms with Gasteiger partial charge in [0.25, 0.3) is 0 Å². The van der Waals surface area contributed by atoms with Crippen LogP contribution in [0.2, 0.25) is 5.02 Å². The molecule has 0 saturated carbocycles. The summed E-state index contributed by atoms with van der Waals surface area (Å²) in [6.45, 7) is 3.97. The summed E-state index contributed by atoms with van der Waals surface area (Å²) in [5, 5.41) is 0.748. The molecule has 0 spiro atoms. The summed E-state index contributed by atoms with van der Waals surface area (Å²) in [7, 11) is 0. The first-order valence-electron chi connectivity index (χ1n) is 7.06. The lowest BCUT2D eigenvalue weighted by molar-refractivity contribution is -0.141. The Labute approximate surface area is 130 Å². The monoisotopic (exact) mass is 302 g/mol. The number of rotatable bonds is 5. The van der Waals surface area contributed by atoms with Crippen molar-refractivity contribution in [1.29, 1.82) is 0 Å². The summed E-state index contributed by atoms with van der Waals surface area (Å²) in [5.74, 6) is 0.0614. The average Bonchev–Trinajstić information content (AvgIpc) is 2.47. The molecule has 110 valence electrons. The van der Waals surface area contributed by atoms with Crippen LogP contribution in [0.4, 0.5) is 0 Å². The van der Waals surface area contributed by atoms with Gasteiger partial charge < -0.3 is 4.74 Å². The van der Waals surface area contributed by atoms with Crippen molar-refractivity contribution in [2.45, 2.75) is 26.2 Å². The van der Waals surface area contributed by atoms with Crippen LogP contribution in [0.15, 0.2) is 48.5 Å². The first-order valence-corrected chi connectivity index (χ1v) is 7.44. The quantitative estimate of drug-likeness (QED) is 0.721. The molecule has 2 rings (SSSR count). The Morgan fingerprint density at radius 1 is 1.19 bits per heavy atom. The van der Waals surface area contributed by atoms with Crippen LogP contribution in [0.25, 0.3) is 11.1 Å². The van der Waals surface area contributed by atoms with Crippen molar-refractivity contribution in [3.63, 3.8) is 0 Å². The maximum atomic E-state index is 10.8. The van der Waals surface area contributed by atoms with Crippen molar-refractivity contribution < 1.29 is 9.53 Å². The molecule has 0 aliphatic carbocycles. The fourth-order valence-corrected chi connectivity index (χ4v) is 2.53. The van der Waals surface area contributed by atoms with Crippen LogP contribution in [0.1, 0.15) is 31.7 Å². The summed E-state index contributed by atoms with van der Waals surface area (Å²) in [5.41, 5.74) is 3.31. The molecule has 0 aliphatic heterocycles. The van der Waals surface area contributed by atoms with E-state index in [0.717, 1.165) is 28.1 Å². The molecular formula is C18H19ClO2. The van der Waals surface area contributed by atoms with E-state index < -0.39 is 0 Å². The van der Waals surface area contributed by atoms with Crippen LogP contribution in [-0.2, 0) is 9.53 Å². The number of carbonyl (C=O) groups is 1. The standard InChI is InChI=1S/C18H19ClO2/c1-13(10-11-21-14(2)20)16-8-9-17(18(19)12-16)15-6-4-3-5-7-15/h3-9,12-13H,10-11H2,1-2H3. The number of benzene rings is 2. The molecule has 0 amide bonds. The minimum Gasteiger partial charge on any atom is -0.466 e. The van der Waals surface area contributed by atoms with Gasteiger partial charge in [0, 0.05) is 17.5 Å². The first-order chi connectivity index (χ1) is 10.1. The number of hydrogen-bond donors (Lipinski definition) is 0. The van der Waals surface area contributed by atoms with Crippen molar-refractivity contribution in [2.24, 2.45) is 0 Å². The zero-order valence-electron chi connectivity index (χ0n) is 12.3. The van der Waals surface area contributed by atoms with Crippen LogP contribution in [0, 0.1) is 0 Å². The van der Waals surface area contributed by atoms with E-state index in [1.54, 1.807) is 0 Å². The number of ether oxygens (including phenoxy) is 1. The molecule has 0 heterocycles. The zero-order valence-corrected chi connectivity index (χ0v) is 13.1. The van der Waals surface area contributed by atoms with Gasteiger partial charge in [-0.25, -0.2) is 0 Å². The average molecular weight is 303 g/mol. The van der Waals surface area contributed by atoms with Crippen molar-refractivity contribution in [3.8, 4) is 11.1 Å². The summed E-state index contributed by atoms with van der Waals surface area (Å²) in [4.78, 5) is 10.8. The summed E-state index contributed by atoms with van der Waals surface area (Å²) >= 11 is 6.41. The highest BCUT2D eigenvalue weighted by Gasteiger charge is 2.10. The Morgan fingerprint density at radius 3 is 2.52 bits per heavy atom. The Kier molecular flexibility index (Phi) is 5.40. The van der Waals surface area contributed by atoms with Crippen LogP contribution in [0.3, 0.4) is 0 Å². The Morgan fingerprint density at radius 2 is 1.90 bits per heavy atom. The maximum absolute atomic E-state index is 10.8. The molecule has 0 aromatic heterocycles. The third-order valence-corrected chi connectivity index (χ3v) is 3.82. The fraction of sp³-hybridized carbons (Fsp3) is 0.278. The number of carbonyl (C=O) groups excluding carboxylic acids is 1. The van der Waals surface area contributed by atoms with E-state index in [-0.39, 0.29) is 5.97 Å². The summed E-state index contributed by atoms with van der Waals surface area (Å²) in [6, 6.07) is 16.2. The van der Waals surface area contributed by atoms with Crippen molar-refractivity contribution in [1.82, 2.24) is 0 Å². The molecule has 0 saturated heterocycles. The van der Waals surface area contributed by atoms with E-state index in [1.165, 1.54) is 6.92 Å². The molecule has 3 heteroatoms. The highest BCUT2D eigenvalue weighted by atomic mass is 35.5. The molecule has 1 unspecified atom stereocenters. The Hall–Kier alpha value is -1.80. The van der Waals surface area contributed by atoms with Gasteiger partial charge in [-0.3, -0.25) is 4.79 Å². The van der Waals surface area contributed by atoms with Gasteiger partial charge in [-0.15, -0.1) is 0 Å². The maximum Gasteiger partial charge on any atom is 0.302 e. The van der Waals surface area contributed by atoms with Crippen LogP contribution in [-0.4, -0.2) is 12.6 Å². The molecule has 1 atom stereocenters. The number of esters is 1. The lowest BCUT2D eigenvalue weighted by atomic mass is 9.95. The third-order valence-electron chi connectivity index (χ3n) is 3.50. The minimum atomic E-state index is -0.236. The first kappa shape index (κ1) is 15.6. The second-order valence-electron chi connectivity index (χ2n) is 5.14. The second-order valence-corrected chi connectivity index (χ2v) is 5.54. The lowest BCUT2D eigenvalue weighted by Gasteiger charge is -2.14. The molecular weight excluding hydrogens is 284 g/mol. The van der Waals surface area contributed by atoms with Gasteiger partial charge in [0.15, 0.2) is 0 Å². The zero-order chi connectivity index (χ0) is 15.2. The second kappa shape index (κ2) is 7.28. The normalized spacial score (nSPS) is 12.0. The molecule has 21 heavy (non-hydrogen) atoms. The van der Waals surface area contributed by atoms with Crippen molar-refractivity contribution >= 4 is 17.6 Å². The van der Waals surface area contributed by atoms with E-state index >= 15 is 0 Å². The largest absolute Gasteiger partial charge is 0.466 e. The van der Waals surface area contributed by atoms with Crippen molar-refractivity contribution in [3.05, 3.63) is 59.1 Å². The molecule has 0 fully saturated rings. The molecule has 2 aromatic rings. The number of halogens is 1. The predicted molar refractivity (Wildman–Crippen MR) is 86.6 cm³/mol. The van der Waals surface area contributed by atoms with Gasteiger partial charge in [0.2, 0.25) is 0 Å². The van der Waals surface area contributed by atoms with Gasteiger partial charge in [-0.05, 0) is 29.5 Å². The molecule has 0 radical (unpaired) electrons. The third kappa shape index (κ3) is 4.33. The van der Waals surface area contributed by atoms with E-state index in [2.05, 4.69) is 19.1 Å². The van der Waals surface area contributed by atoms with Gasteiger partial charge >= 0.3 is 5.97 Å². The van der Waals surface area contributed by atoms with Crippen LogP contribution in [0.5, 0.6) is 0 Å². The van der Waals surface area contributed by atoms with Gasteiger partial charge in [-0.2, -0.15) is 0 Å². The summed E-state index contributed by atoms with van der Waals surface area (Å²) in [6.07, 6.45) is 0.792. The highest BCUT2D eigenvalue weighted by Crippen LogP contribution is 2.31. The molecule has 0 bridgehead atoms. The molecule has 2 nitrogen and oxygen atoms in total. The smallest absolute Gasteiger partial charge is 0.302 e. The number of hydrogen-bond acceptors (Lipinski definition) is 2. The molecule has 0 N–H and O–H groups in total. The van der Waals surface area contributed by atoms with Crippen LogP contribution < -0.4 is 0 Å². The van der Waals surface area contributed by atoms with E-state index in [9.17, 15) is 4.79 Å². The highest BCUT2D eigenvalue weighted by molar-refractivity contribution is 6.33. The predicted octanol–water partition coefficient (Wildman–Crippen LogP) is 5.06. The van der Waals surface area contributed by atoms with Gasteiger partial charge in [0.1, 0.15) is 0 Å². The van der Waals surface area contributed by atoms with E-state index in [4.69, 9.17) is 16.3 Å². The lowest BCUT2D eigenvalue weighted by Crippen LogP contribution is -2.04. The molecule has 2 aromatic carbocycles. The molecule has 0 aliphatic rings. The minimum absolute atomic E-state index is 0.236. The van der Waals surface area contributed by atoms with E-state index in [1.807, 2.05) is 36.4 Å². The van der Waals surface area contributed by atoms with Crippen LogP contribution >= 0.6 is 11.6 Å². The van der Waals surface area contributed by atoms with Gasteiger partial charge in [0.05, 0.1) is 6.61 Å². The van der Waals surface area contributed by atoms with Crippen molar-refractivity contribution in [2.75, 3.05) is 6.61 Å². The summed E-state index contributed by atoms with van der Waals surface area (Å²) < 4.78 is 4.99. The SMILES string of the molecule is CC(=O)OCCC(C)c1ccc(-c2ccccc2)c(Cl)c1. The van der Waals surface area contributed by atoms with E-state index in [0.29, 0.717) is 12.5 Å². The Bertz CT molecular complexity index is 608.